The van der Waals surface area contributed by atoms with Gasteiger partial charge in [-0.1, -0.05) is 35.3 Å². The van der Waals surface area contributed by atoms with Gasteiger partial charge in [0, 0.05) is 21.1 Å². The quantitative estimate of drug-likeness (QED) is 0.427. The van der Waals surface area contributed by atoms with E-state index in [1.54, 1.807) is 18.2 Å². The van der Waals surface area contributed by atoms with Gasteiger partial charge in [0.1, 0.15) is 11.0 Å². The molecule has 0 fully saturated rings. The minimum absolute atomic E-state index is 0.0798. The Morgan fingerprint density at radius 3 is 2.42 bits per heavy atom. The number of nitrogens with one attached hydrogen (secondary N) is 1. The molecule has 9 heteroatoms. The molecule has 1 N–H and O–H groups in total. The van der Waals surface area contributed by atoms with Crippen molar-refractivity contribution >= 4 is 50.6 Å². The van der Waals surface area contributed by atoms with E-state index in [0.29, 0.717) is 21.0 Å². The summed E-state index contributed by atoms with van der Waals surface area (Å²) >= 11 is 15.3. The van der Waals surface area contributed by atoms with Crippen molar-refractivity contribution in [2.75, 3.05) is 5.32 Å². The van der Waals surface area contributed by atoms with Crippen LogP contribution < -0.4 is 5.32 Å². The molecule has 26 heavy (non-hydrogen) atoms. The molecule has 0 aliphatic heterocycles. The van der Waals surface area contributed by atoms with Crippen LogP contribution in [0.3, 0.4) is 0 Å². The molecule has 0 bridgehead atoms. The maximum Gasteiger partial charge on any atom is 0.416 e. The predicted molar refractivity (Wildman–Crippen MR) is 99.9 cm³/mol. The lowest BCUT2D eigenvalue weighted by Crippen LogP contribution is -2.05. The van der Waals surface area contributed by atoms with Crippen LogP contribution in [0.2, 0.25) is 10.2 Å². The highest BCUT2D eigenvalue weighted by molar-refractivity contribution is 9.10. The number of rotatable bonds is 3. The molecule has 3 nitrogen and oxygen atoms in total. The fourth-order valence-corrected chi connectivity index (χ4v) is 3.14. The number of alkyl halides is 3. The largest absolute Gasteiger partial charge is 0.416 e. The molecular weight excluding hydrogens is 454 g/mol. The van der Waals surface area contributed by atoms with Crippen molar-refractivity contribution in [2.24, 2.45) is 0 Å². The third kappa shape index (κ3) is 4.47. The van der Waals surface area contributed by atoms with Crippen molar-refractivity contribution in [2.45, 2.75) is 6.18 Å². The summed E-state index contributed by atoms with van der Waals surface area (Å²) in [4.78, 5) is 8.28. The van der Waals surface area contributed by atoms with Gasteiger partial charge in [-0.25, -0.2) is 9.97 Å². The zero-order chi connectivity index (χ0) is 18.9. The van der Waals surface area contributed by atoms with E-state index in [1.165, 1.54) is 18.2 Å². The lowest BCUT2D eigenvalue weighted by atomic mass is 10.1. The van der Waals surface area contributed by atoms with Crippen LogP contribution in [-0.4, -0.2) is 9.97 Å². The SMILES string of the molecule is FC(F)(F)c1cccc(-c2nc(Cl)cc(Nc3ccc(Cl)cc3Br)n2)c1. The monoisotopic (exact) mass is 461 g/mol. The first-order valence-corrected chi connectivity index (χ1v) is 8.71. The zero-order valence-electron chi connectivity index (χ0n) is 12.8. The Labute approximate surface area is 165 Å². The molecule has 0 saturated heterocycles. The Balaban J connectivity index is 1.98. The maximum atomic E-state index is 12.9. The van der Waals surface area contributed by atoms with Gasteiger partial charge < -0.3 is 5.32 Å². The summed E-state index contributed by atoms with van der Waals surface area (Å²) in [5.41, 5.74) is 0.0910. The van der Waals surface area contributed by atoms with Gasteiger partial charge in [0.15, 0.2) is 5.82 Å². The second-order valence-corrected chi connectivity index (χ2v) is 6.91. The summed E-state index contributed by atoms with van der Waals surface area (Å²) in [5, 5.41) is 3.68. The second-order valence-electron chi connectivity index (χ2n) is 5.23. The fourth-order valence-electron chi connectivity index (χ4n) is 2.17. The van der Waals surface area contributed by atoms with Crippen molar-refractivity contribution in [3.63, 3.8) is 0 Å². The summed E-state index contributed by atoms with van der Waals surface area (Å²) in [6.07, 6.45) is -4.45. The van der Waals surface area contributed by atoms with Gasteiger partial charge in [-0.15, -0.1) is 0 Å². The van der Waals surface area contributed by atoms with Crippen molar-refractivity contribution < 1.29 is 13.2 Å². The number of benzene rings is 2. The highest BCUT2D eigenvalue weighted by Crippen LogP contribution is 2.33. The summed E-state index contributed by atoms with van der Waals surface area (Å²) in [6, 6.07) is 11.3. The van der Waals surface area contributed by atoms with Crippen molar-refractivity contribution in [1.29, 1.82) is 0 Å². The Morgan fingerprint density at radius 1 is 0.962 bits per heavy atom. The van der Waals surface area contributed by atoms with E-state index in [-0.39, 0.29) is 16.5 Å². The molecule has 0 aliphatic rings. The minimum Gasteiger partial charge on any atom is -0.339 e. The molecule has 1 aromatic heterocycles. The Bertz CT molecular complexity index is 964. The van der Waals surface area contributed by atoms with E-state index >= 15 is 0 Å². The number of aromatic nitrogens is 2. The Hall–Kier alpha value is -1.83. The molecule has 1 heterocycles. The van der Waals surface area contributed by atoms with Crippen molar-refractivity contribution in [3.8, 4) is 11.4 Å². The van der Waals surface area contributed by atoms with Gasteiger partial charge >= 0.3 is 6.18 Å². The maximum absolute atomic E-state index is 12.9. The van der Waals surface area contributed by atoms with Crippen LogP contribution in [0.15, 0.2) is 53.0 Å². The van der Waals surface area contributed by atoms with Crippen molar-refractivity contribution in [3.05, 3.63) is 68.7 Å². The molecule has 0 radical (unpaired) electrons. The molecule has 0 unspecified atom stereocenters. The van der Waals surface area contributed by atoms with Crippen LogP contribution >= 0.6 is 39.1 Å². The average Bonchev–Trinajstić information content (AvgIpc) is 2.56. The standard InChI is InChI=1S/C17H9BrCl2F3N3/c18-12-7-11(19)4-5-13(12)24-15-8-14(20)25-16(26-15)9-2-1-3-10(6-9)17(21,22)23/h1-8H,(H,24,25,26). The molecule has 3 rings (SSSR count). The van der Waals surface area contributed by atoms with Crippen LogP contribution in [0.1, 0.15) is 5.56 Å². The smallest absolute Gasteiger partial charge is 0.339 e. The van der Waals surface area contributed by atoms with E-state index in [9.17, 15) is 13.2 Å². The number of hydrogen-bond acceptors (Lipinski definition) is 3. The number of halogens is 6. The Morgan fingerprint density at radius 2 is 1.73 bits per heavy atom. The minimum atomic E-state index is -4.45. The van der Waals surface area contributed by atoms with Gasteiger partial charge in [-0.2, -0.15) is 13.2 Å². The molecule has 0 saturated carbocycles. The van der Waals surface area contributed by atoms with E-state index in [0.717, 1.165) is 12.1 Å². The first-order chi connectivity index (χ1) is 12.2. The summed E-state index contributed by atoms with van der Waals surface area (Å²) in [7, 11) is 0. The first-order valence-electron chi connectivity index (χ1n) is 7.17. The molecule has 2 aromatic carbocycles. The normalized spacial score (nSPS) is 11.5. The lowest BCUT2D eigenvalue weighted by Gasteiger charge is -2.11. The second kappa shape index (κ2) is 7.42. The fraction of sp³-hybridized carbons (Fsp3) is 0.0588. The summed E-state index contributed by atoms with van der Waals surface area (Å²) in [5.74, 6) is 0.414. The highest BCUT2D eigenvalue weighted by atomic mass is 79.9. The van der Waals surface area contributed by atoms with Gasteiger partial charge in [0.25, 0.3) is 0 Å². The highest BCUT2D eigenvalue weighted by Gasteiger charge is 2.30. The van der Waals surface area contributed by atoms with Gasteiger partial charge in [0.2, 0.25) is 0 Å². The Kier molecular flexibility index (Phi) is 5.41. The predicted octanol–water partition coefficient (Wildman–Crippen LogP) is 6.98. The van der Waals surface area contributed by atoms with E-state index in [1.807, 2.05) is 0 Å². The van der Waals surface area contributed by atoms with Crippen LogP contribution in [-0.2, 0) is 6.18 Å². The number of hydrogen-bond donors (Lipinski definition) is 1. The third-order valence-electron chi connectivity index (χ3n) is 3.34. The molecule has 3 aromatic rings. The lowest BCUT2D eigenvalue weighted by molar-refractivity contribution is -0.137. The zero-order valence-corrected chi connectivity index (χ0v) is 15.9. The topological polar surface area (TPSA) is 37.8 Å². The molecule has 134 valence electrons. The summed E-state index contributed by atoms with van der Waals surface area (Å²) in [6.45, 7) is 0. The number of anilines is 2. The molecule has 0 aliphatic carbocycles. The first kappa shape index (κ1) is 18.9. The average molecular weight is 463 g/mol. The molecule has 0 amide bonds. The molecule has 0 spiro atoms. The van der Waals surface area contributed by atoms with Crippen LogP contribution in [0.4, 0.5) is 24.7 Å². The van der Waals surface area contributed by atoms with Gasteiger partial charge in [-0.3, -0.25) is 0 Å². The number of nitrogens with zero attached hydrogens (tertiary/aromatic N) is 2. The van der Waals surface area contributed by atoms with Gasteiger partial charge in [0.05, 0.1) is 11.3 Å². The van der Waals surface area contributed by atoms with Gasteiger partial charge in [-0.05, 0) is 46.3 Å². The molecular formula is C17H9BrCl2F3N3. The third-order valence-corrected chi connectivity index (χ3v) is 4.42. The van der Waals surface area contributed by atoms with Crippen LogP contribution in [0.5, 0.6) is 0 Å². The summed E-state index contributed by atoms with van der Waals surface area (Å²) < 4.78 is 39.4. The van der Waals surface area contributed by atoms with E-state index in [2.05, 4.69) is 31.2 Å². The van der Waals surface area contributed by atoms with Crippen LogP contribution in [0, 0.1) is 0 Å². The van der Waals surface area contributed by atoms with Crippen molar-refractivity contribution in [1.82, 2.24) is 9.97 Å². The van der Waals surface area contributed by atoms with Crippen LogP contribution in [0.25, 0.3) is 11.4 Å². The van der Waals surface area contributed by atoms with E-state index in [4.69, 9.17) is 23.2 Å². The molecule has 0 atom stereocenters. The van der Waals surface area contributed by atoms with E-state index < -0.39 is 11.7 Å².